The van der Waals surface area contributed by atoms with Crippen molar-refractivity contribution in [1.29, 1.82) is 0 Å². The van der Waals surface area contributed by atoms with Crippen molar-refractivity contribution in [2.45, 2.75) is 36.9 Å². The number of hydrogen-bond donors (Lipinski definition) is 2. The smallest absolute Gasteiger partial charge is 0.250 e. The molecule has 1 aromatic carbocycles. The van der Waals surface area contributed by atoms with Gasteiger partial charge in [0.2, 0.25) is 17.7 Å². The van der Waals surface area contributed by atoms with Gasteiger partial charge in [-0.05, 0) is 49.5 Å². The molecule has 3 fully saturated rings. The van der Waals surface area contributed by atoms with Gasteiger partial charge in [0.1, 0.15) is 11.4 Å². The van der Waals surface area contributed by atoms with Crippen LogP contribution < -0.4 is 10.6 Å². The van der Waals surface area contributed by atoms with Crippen molar-refractivity contribution in [3.8, 4) is 0 Å². The maximum Gasteiger partial charge on any atom is 0.250 e. The minimum Gasteiger partial charge on any atom is -0.376 e. The van der Waals surface area contributed by atoms with E-state index in [4.69, 9.17) is 4.74 Å². The van der Waals surface area contributed by atoms with Gasteiger partial charge in [-0.25, -0.2) is 4.39 Å². The molecule has 3 amide bonds. The second-order valence-corrected chi connectivity index (χ2v) is 9.40. The highest BCUT2D eigenvalue weighted by molar-refractivity contribution is 7.98. The summed E-state index contributed by atoms with van der Waals surface area (Å²) >= 11 is 1.64. The fourth-order valence-electron chi connectivity index (χ4n) is 5.50. The zero-order chi connectivity index (χ0) is 21.0. The molecule has 0 radical (unpaired) electrons. The van der Waals surface area contributed by atoms with Crippen molar-refractivity contribution in [2.24, 2.45) is 11.8 Å². The number of hydrogen-bond acceptors (Lipinski definition) is 6. The van der Waals surface area contributed by atoms with Crippen LogP contribution in [-0.4, -0.2) is 59.9 Å². The molecule has 1 aromatic rings. The van der Waals surface area contributed by atoms with E-state index in [-0.39, 0.29) is 30.5 Å². The van der Waals surface area contributed by atoms with Gasteiger partial charge >= 0.3 is 0 Å². The molecule has 3 saturated heterocycles. The van der Waals surface area contributed by atoms with E-state index in [9.17, 15) is 18.8 Å². The minimum atomic E-state index is -1.43. The summed E-state index contributed by atoms with van der Waals surface area (Å²) < 4.78 is 19.8. The molecule has 5 rings (SSSR count). The van der Waals surface area contributed by atoms with E-state index < -0.39 is 29.1 Å². The Bertz CT molecular complexity index is 922. The van der Waals surface area contributed by atoms with E-state index in [1.54, 1.807) is 11.8 Å². The number of ether oxygens (including phenoxy) is 1. The number of fused-ring (bicyclic) bond motifs is 4. The van der Waals surface area contributed by atoms with E-state index >= 15 is 0 Å². The molecule has 1 unspecified atom stereocenters. The van der Waals surface area contributed by atoms with E-state index in [0.717, 1.165) is 18.6 Å². The van der Waals surface area contributed by atoms with Crippen LogP contribution in [0.2, 0.25) is 0 Å². The van der Waals surface area contributed by atoms with Crippen LogP contribution in [0.15, 0.2) is 18.2 Å². The van der Waals surface area contributed by atoms with Gasteiger partial charge in [0, 0.05) is 23.9 Å². The van der Waals surface area contributed by atoms with Crippen LogP contribution in [0, 0.1) is 17.7 Å². The molecule has 30 heavy (non-hydrogen) atoms. The molecule has 4 aliphatic rings. The molecule has 0 aliphatic carbocycles. The maximum atomic E-state index is 14.1. The highest BCUT2D eigenvalue weighted by Crippen LogP contribution is 2.53. The Morgan fingerprint density at radius 2 is 2.13 bits per heavy atom. The predicted octanol–water partition coefficient (Wildman–Crippen LogP) is 1.48. The third kappa shape index (κ3) is 2.75. The second-order valence-electron chi connectivity index (χ2n) is 8.41. The lowest BCUT2D eigenvalue weighted by molar-refractivity contribution is -0.144. The van der Waals surface area contributed by atoms with Gasteiger partial charge in [-0.3, -0.25) is 24.6 Å². The lowest BCUT2D eigenvalue weighted by atomic mass is 9.76. The van der Waals surface area contributed by atoms with Crippen molar-refractivity contribution < 1.29 is 23.5 Å². The van der Waals surface area contributed by atoms with Crippen molar-refractivity contribution >= 4 is 35.2 Å². The van der Waals surface area contributed by atoms with Gasteiger partial charge in [-0.15, -0.1) is 0 Å². The van der Waals surface area contributed by atoms with Crippen molar-refractivity contribution in [2.75, 3.05) is 30.5 Å². The molecule has 5 atom stereocenters. The molecule has 2 N–H and O–H groups in total. The zero-order valence-corrected chi connectivity index (χ0v) is 17.5. The zero-order valence-electron chi connectivity index (χ0n) is 16.7. The maximum absolute atomic E-state index is 14.1. The van der Waals surface area contributed by atoms with Gasteiger partial charge in [0.05, 0.1) is 24.5 Å². The van der Waals surface area contributed by atoms with Crippen molar-refractivity contribution in [3.05, 3.63) is 29.6 Å². The van der Waals surface area contributed by atoms with E-state index in [1.165, 1.54) is 23.1 Å². The van der Waals surface area contributed by atoms with Crippen LogP contribution in [0.5, 0.6) is 0 Å². The Kier molecular flexibility index (Phi) is 4.87. The van der Waals surface area contributed by atoms with E-state index in [1.807, 2.05) is 6.26 Å². The first-order valence-electron chi connectivity index (χ1n) is 10.3. The van der Waals surface area contributed by atoms with Crippen LogP contribution in [-0.2, 0) is 24.7 Å². The molecule has 1 spiro atoms. The summed E-state index contributed by atoms with van der Waals surface area (Å²) in [5.74, 6) is -2.26. The van der Waals surface area contributed by atoms with Crippen LogP contribution in [0.25, 0.3) is 0 Å². The number of rotatable bonds is 5. The molecular formula is C21H24FN3O4S. The fraction of sp³-hybridized carbons (Fsp3) is 0.571. The quantitative estimate of drug-likeness (QED) is 0.684. The number of anilines is 1. The standard InChI is InChI=1S/C21H24FN3O4S/c1-30-8-6-15-16-17(19(27)25(18(16)26)10-12-3-2-7-29-12)21(24-15)13-9-11(22)4-5-14(13)23-20(21)28/h4-5,9,12,15-17,24H,2-3,6-8,10H2,1H3,(H,23,28)/t12?,15-,16-,17+,21+/m0/s1. The SMILES string of the molecule is CSCC[C@@H]1N[C@@]2(C(=O)Nc3ccc(F)cc32)[C@H]2C(=O)N(CC3CCCO3)C(=O)[C@@H]12. The average molecular weight is 434 g/mol. The molecular weight excluding hydrogens is 409 g/mol. The van der Waals surface area contributed by atoms with Crippen LogP contribution in [0.1, 0.15) is 24.8 Å². The van der Waals surface area contributed by atoms with Gasteiger partial charge in [0.15, 0.2) is 0 Å². The number of nitrogens with zero attached hydrogens (tertiary/aromatic N) is 1. The second kappa shape index (κ2) is 7.32. The van der Waals surface area contributed by atoms with Crippen LogP contribution >= 0.6 is 11.8 Å². The molecule has 7 nitrogen and oxygen atoms in total. The molecule has 0 saturated carbocycles. The molecule has 4 aliphatic heterocycles. The largest absolute Gasteiger partial charge is 0.376 e. The number of benzene rings is 1. The highest BCUT2D eigenvalue weighted by Gasteiger charge is 2.70. The first-order chi connectivity index (χ1) is 14.5. The number of amides is 3. The third-order valence-electron chi connectivity index (χ3n) is 6.81. The summed E-state index contributed by atoms with van der Waals surface area (Å²) in [6.45, 7) is 0.846. The normalized spacial score (nSPS) is 34.7. The first kappa shape index (κ1) is 20.0. The Balaban J connectivity index is 1.57. The Labute approximate surface area is 178 Å². The molecule has 0 aromatic heterocycles. The average Bonchev–Trinajstić information content (AvgIpc) is 3.46. The number of carbonyl (C=O) groups is 3. The highest BCUT2D eigenvalue weighted by atomic mass is 32.2. The lowest BCUT2D eigenvalue weighted by Gasteiger charge is -2.30. The summed E-state index contributed by atoms with van der Waals surface area (Å²) in [5, 5.41) is 6.11. The number of halogens is 1. The molecule has 160 valence electrons. The summed E-state index contributed by atoms with van der Waals surface area (Å²) in [6.07, 6.45) is 4.16. The van der Waals surface area contributed by atoms with Crippen LogP contribution in [0.4, 0.5) is 10.1 Å². The Morgan fingerprint density at radius 3 is 2.87 bits per heavy atom. The lowest BCUT2D eigenvalue weighted by Crippen LogP contribution is -2.53. The summed E-state index contributed by atoms with van der Waals surface area (Å²) in [6, 6.07) is 3.75. The van der Waals surface area contributed by atoms with Crippen molar-refractivity contribution in [3.63, 3.8) is 0 Å². The van der Waals surface area contributed by atoms with Gasteiger partial charge in [0.25, 0.3) is 0 Å². The number of nitrogens with one attached hydrogen (secondary N) is 2. The number of carbonyl (C=O) groups excluding carboxylic acids is 3. The summed E-state index contributed by atoms with van der Waals surface area (Å²) in [5.41, 5.74) is -0.534. The monoisotopic (exact) mass is 433 g/mol. The number of likely N-dealkylation sites (tertiary alicyclic amines) is 1. The van der Waals surface area contributed by atoms with Crippen molar-refractivity contribution in [1.82, 2.24) is 10.2 Å². The van der Waals surface area contributed by atoms with Gasteiger partial charge < -0.3 is 10.1 Å². The summed E-state index contributed by atoms with van der Waals surface area (Å²) in [7, 11) is 0. The van der Waals surface area contributed by atoms with Gasteiger partial charge in [-0.2, -0.15) is 11.8 Å². The number of imide groups is 1. The Morgan fingerprint density at radius 1 is 1.30 bits per heavy atom. The van der Waals surface area contributed by atoms with E-state index in [0.29, 0.717) is 24.3 Å². The molecule has 4 heterocycles. The van der Waals surface area contributed by atoms with Gasteiger partial charge in [-0.1, -0.05) is 0 Å². The molecule has 9 heteroatoms. The Hall–Kier alpha value is -1.97. The minimum absolute atomic E-state index is 0.160. The third-order valence-corrected chi connectivity index (χ3v) is 7.46. The predicted molar refractivity (Wildman–Crippen MR) is 109 cm³/mol. The van der Waals surface area contributed by atoms with Crippen LogP contribution in [0.3, 0.4) is 0 Å². The first-order valence-corrected chi connectivity index (χ1v) is 11.7. The molecule has 0 bridgehead atoms. The topological polar surface area (TPSA) is 87.7 Å². The fourth-order valence-corrected chi connectivity index (χ4v) is 5.99. The number of thioether (sulfide) groups is 1. The van der Waals surface area contributed by atoms with E-state index in [2.05, 4.69) is 10.6 Å². The summed E-state index contributed by atoms with van der Waals surface area (Å²) in [4.78, 5) is 41.4.